The molecule has 0 bridgehead atoms. The molecule has 0 spiro atoms. The number of aryl methyl sites for hydroxylation is 1. The Morgan fingerprint density at radius 3 is 2.82 bits per heavy atom. The van der Waals surface area contributed by atoms with Crippen LogP contribution in [0.3, 0.4) is 0 Å². The van der Waals surface area contributed by atoms with Gasteiger partial charge in [0.2, 0.25) is 5.91 Å². The number of aromatic amines is 1. The second-order valence-electron chi connectivity index (χ2n) is 7.43. The van der Waals surface area contributed by atoms with Gasteiger partial charge >= 0.3 is 0 Å². The molecule has 2 aromatic rings. The van der Waals surface area contributed by atoms with Crippen molar-refractivity contribution in [3.05, 3.63) is 35.5 Å². The summed E-state index contributed by atoms with van der Waals surface area (Å²) < 4.78 is 0. The summed E-state index contributed by atoms with van der Waals surface area (Å²) in [7, 11) is 3.49. The fraction of sp³-hybridized carbons (Fsp3) is 0.524. The molecule has 7 heteroatoms. The van der Waals surface area contributed by atoms with Crippen molar-refractivity contribution in [2.24, 2.45) is 4.99 Å². The van der Waals surface area contributed by atoms with Crippen LogP contribution in [0.2, 0.25) is 0 Å². The Labute approximate surface area is 167 Å². The van der Waals surface area contributed by atoms with Crippen LogP contribution in [0.25, 0.3) is 10.9 Å². The normalized spacial score (nSPS) is 16.3. The summed E-state index contributed by atoms with van der Waals surface area (Å²) in [6.07, 6.45) is 5.07. The summed E-state index contributed by atoms with van der Waals surface area (Å²) in [5.74, 6) is 0.928. The van der Waals surface area contributed by atoms with Gasteiger partial charge in [-0.1, -0.05) is 18.2 Å². The number of nitrogens with one attached hydrogen (secondary N) is 4. The van der Waals surface area contributed by atoms with Crippen LogP contribution in [0.4, 0.5) is 0 Å². The van der Waals surface area contributed by atoms with E-state index >= 15 is 0 Å². The fourth-order valence-electron chi connectivity index (χ4n) is 3.79. The summed E-state index contributed by atoms with van der Waals surface area (Å²) >= 11 is 0. The van der Waals surface area contributed by atoms with E-state index in [0.717, 1.165) is 44.9 Å². The van der Waals surface area contributed by atoms with Gasteiger partial charge in [-0.05, 0) is 37.3 Å². The monoisotopic (exact) mass is 384 g/mol. The quantitative estimate of drug-likeness (QED) is 0.448. The molecule has 0 radical (unpaired) electrons. The largest absolute Gasteiger partial charge is 0.361 e. The number of aromatic nitrogens is 1. The number of amides is 1. The number of carbonyl (C=O) groups excluding carboxylic acids is 1. The SMILES string of the molecule is CN=C(NCCc1c[nH]c2c(C)cccc12)NC1CCN(CC(=O)NC)CC1. The lowest BCUT2D eigenvalue weighted by atomic mass is 10.1. The molecule has 0 unspecified atom stereocenters. The van der Waals surface area contributed by atoms with E-state index in [9.17, 15) is 4.79 Å². The number of hydrogen-bond acceptors (Lipinski definition) is 3. The zero-order valence-corrected chi connectivity index (χ0v) is 17.1. The Hall–Kier alpha value is -2.54. The standard InChI is InChI=1S/C21H32N6O/c1-15-5-4-6-18-16(13-25-20(15)18)7-10-24-21(23-3)26-17-8-11-27(12-9-17)14-19(28)22-2/h4-6,13,17,25H,7-12,14H2,1-3H3,(H,22,28)(H2,23,24,26). The lowest BCUT2D eigenvalue weighted by molar-refractivity contribution is -0.122. The predicted octanol–water partition coefficient (Wildman–Crippen LogP) is 1.39. The van der Waals surface area contributed by atoms with E-state index < -0.39 is 0 Å². The molecule has 1 aromatic heterocycles. The number of nitrogens with zero attached hydrogens (tertiary/aromatic N) is 2. The van der Waals surface area contributed by atoms with Crippen molar-refractivity contribution in [3.8, 4) is 0 Å². The Kier molecular flexibility index (Phi) is 6.92. The van der Waals surface area contributed by atoms with E-state index in [1.807, 2.05) is 7.05 Å². The number of hydrogen-bond donors (Lipinski definition) is 4. The lowest BCUT2D eigenvalue weighted by Crippen LogP contribution is -2.50. The Morgan fingerprint density at radius 2 is 2.11 bits per heavy atom. The van der Waals surface area contributed by atoms with Crippen LogP contribution < -0.4 is 16.0 Å². The summed E-state index contributed by atoms with van der Waals surface area (Å²) in [6, 6.07) is 6.81. The van der Waals surface area contributed by atoms with Gasteiger partial charge in [-0.25, -0.2) is 0 Å². The highest BCUT2D eigenvalue weighted by Gasteiger charge is 2.21. The number of likely N-dealkylation sites (tertiary alicyclic amines) is 1. The lowest BCUT2D eigenvalue weighted by Gasteiger charge is -2.32. The average molecular weight is 385 g/mol. The molecule has 0 atom stereocenters. The number of aliphatic imine (C=N–C) groups is 1. The highest BCUT2D eigenvalue weighted by atomic mass is 16.1. The number of para-hydroxylation sites is 1. The zero-order valence-electron chi connectivity index (χ0n) is 17.1. The number of H-pyrrole nitrogens is 1. The van der Waals surface area contributed by atoms with Crippen molar-refractivity contribution < 1.29 is 4.79 Å². The number of benzene rings is 1. The average Bonchev–Trinajstić information content (AvgIpc) is 3.13. The maximum atomic E-state index is 11.5. The summed E-state index contributed by atoms with van der Waals surface area (Å²) in [5.41, 5.74) is 3.82. The first kappa shape index (κ1) is 20.2. The third-order valence-corrected chi connectivity index (χ3v) is 5.49. The molecule has 1 aromatic carbocycles. The minimum atomic E-state index is 0.0800. The molecule has 4 N–H and O–H groups in total. The molecular formula is C21H32N6O. The van der Waals surface area contributed by atoms with Crippen LogP contribution >= 0.6 is 0 Å². The Balaban J connectivity index is 1.44. The number of guanidine groups is 1. The molecule has 152 valence electrons. The van der Waals surface area contributed by atoms with Gasteiger partial charge in [-0.15, -0.1) is 0 Å². The van der Waals surface area contributed by atoms with Crippen LogP contribution in [0, 0.1) is 6.92 Å². The van der Waals surface area contributed by atoms with Gasteiger partial charge in [0.1, 0.15) is 0 Å². The number of carbonyl (C=O) groups is 1. The van der Waals surface area contributed by atoms with E-state index in [1.54, 1.807) is 7.05 Å². The number of piperidine rings is 1. The second-order valence-corrected chi connectivity index (χ2v) is 7.43. The van der Waals surface area contributed by atoms with Crippen molar-refractivity contribution in [1.29, 1.82) is 0 Å². The van der Waals surface area contributed by atoms with Gasteiger partial charge < -0.3 is 20.9 Å². The highest BCUT2D eigenvalue weighted by molar-refractivity contribution is 5.86. The first-order valence-electron chi connectivity index (χ1n) is 10.1. The molecule has 1 saturated heterocycles. The molecule has 28 heavy (non-hydrogen) atoms. The third-order valence-electron chi connectivity index (χ3n) is 5.49. The second kappa shape index (κ2) is 9.59. The molecule has 1 aliphatic rings. The Bertz CT molecular complexity index is 819. The van der Waals surface area contributed by atoms with E-state index in [1.165, 1.54) is 22.0 Å². The van der Waals surface area contributed by atoms with Crippen LogP contribution in [0.15, 0.2) is 29.4 Å². The molecule has 0 saturated carbocycles. The first-order valence-corrected chi connectivity index (χ1v) is 10.1. The van der Waals surface area contributed by atoms with Gasteiger partial charge in [-0.3, -0.25) is 14.7 Å². The van der Waals surface area contributed by atoms with Crippen LogP contribution in [-0.4, -0.2) is 68.1 Å². The first-order chi connectivity index (χ1) is 13.6. The van der Waals surface area contributed by atoms with Crippen LogP contribution in [-0.2, 0) is 11.2 Å². The van der Waals surface area contributed by atoms with Gasteiger partial charge in [0, 0.05) is 56.9 Å². The topological polar surface area (TPSA) is 84.6 Å². The molecule has 1 amide bonds. The minimum absolute atomic E-state index is 0.0800. The van der Waals surface area contributed by atoms with Gasteiger partial charge in [0.05, 0.1) is 6.54 Å². The van der Waals surface area contributed by atoms with Crippen LogP contribution in [0.1, 0.15) is 24.0 Å². The molecular weight excluding hydrogens is 352 g/mol. The van der Waals surface area contributed by atoms with Crippen molar-refractivity contribution in [3.63, 3.8) is 0 Å². The smallest absolute Gasteiger partial charge is 0.233 e. The number of fused-ring (bicyclic) bond motifs is 1. The van der Waals surface area contributed by atoms with Crippen molar-refractivity contribution in [2.75, 3.05) is 40.3 Å². The van der Waals surface area contributed by atoms with E-state index in [2.05, 4.69) is 62.1 Å². The number of likely N-dealkylation sites (N-methyl/N-ethyl adjacent to an activating group) is 1. The molecule has 1 aliphatic heterocycles. The Morgan fingerprint density at radius 1 is 1.32 bits per heavy atom. The molecule has 2 heterocycles. The predicted molar refractivity (Wildman–Crippen MR) is 115 cm³/mol. The zero-order chi connectivity index (χ0) is 19.9. The van der Waals surface area contributed by atoms with Gasteiger partial charge in [-0.2, -0.15) is 0 Å². The van der Waals surface area contributed by atoms with E-state index in [-0.39, 0.29) is 5.91 Å². The fourth-order valence-corrected chi connectivity index (χ4v) is 3.79. The third kappa shape index (κ3) is 5.04. The maximum Gasteiger partial charge on any atom is 0.233 e. The molecule has 1 fully saturated rings. The maximum absolute atomic E-state index is 11.5. The minimum Gasteiger partial charge on any atom is -0.361 e. The van der Waals surface area contributed by atoms with Crippen molar-refractivity contribution in [1.82, 2.24) is 25.8 Å². The number of rotatable bonds is 6. The summed E-state index contributed by atoms with van der Waals surface area (Å²) in [6.45, 7) is 5.30. The van der Waals surface area contributed by atoms with Crippen molar-refractivity contribution >= 4 is 22.8 Å². The van der Waals surface area contributed by atoms with Gasteiger partial charge in [0.25, 0.3) is 0 Å². The van der Waals surface area contributed by atoms with Crippen LogP contribution in [0.5, 0.6) is 0 Å². The molecule has 0 aliphatic carbocycles. The highest BCUT2D eigenvalue weighted by Crippen LogP contribution is 2.21. The summed E-state index contributed by atoms with van der Waals surface area (Å²) in [4.78, 5) is 21.5. The van der Waals surface area contributed by atoms with Crippen molar-refractivity contribution in [2.45, 2.75) is 32.2 Å². The van der Waals surface area contributed by atoms with E-state index in [4.69, 9.17) is 0 Å². The molecule has 3 rings (SSSR count). The molecule has 7 nitrogen and oxygen atoms in total. The summed E-state index contributed by atoms with van der Waals surface area (Å²) in [5, 5.41) is 10.9. The van der Waals surface area contributed by atoms with Gasteiger partial charge in [0.15, 0.2) is 5.96 Å². The van der Waals surface area contributed by atoms with E-state index in [0.29, 0.717) is 12.6 Å².